The van der Waals surface area contributed by atoms with Gasteiger partial charge in [0.05, 0.1) is 5.56 Å². The molecule has 0 aromatic heterocycles. The van der Waals surface area contributed by atoms with Gasteiger partial charge >= 0.3 is 5.97 Å². The van der Waals surface area contributed by atoms with E-state index in [0.29, 0.717) is 16.9 Å². The maximum absolute atomic E-state index is 13.0. The van der Waals surface area contributed by atoms with Gasteiger partial charge in [0.25, 0.3) is 5.91 Å². The molecule has 0 unspecified atom stereocenters. The fourth-order valence-electron chi connectivity index (χ4n) is 1.83. The fraction of sp³-hybridized carbons (Fsp3) is 0.385. The normalized spacial score (nSPS) is 14.2. The average Bonchev–Trinajstić information content (AvgIpc) is 3.10. The molecular formula is C13H13BrFNO3. The fourth-order valence-corrected chi connectivity index (χ4v) is 2.35. The molecule has 1 saturated carbocycles. The van der Waals surface area contributed by atoms with Gasteiger partial charge in [0.1, 0.15) is 12.4 Å². The van der Waals surface area contributed by atoms with Crippen molar-refractivity contribution in [1.29, 1.82) is 0 Å². The van der Waals surface area contributed by atoms with E-state index >= 15 is 0 Å². The maximum Gasteiger partial charge on any atom is 0.323 e. The van der Waals surface area contributed by atoms with E-state index in [1.165, 1.54) is 23.1 Å². The topological polar surface area (TPSA) is 57.6 Å². The number of carbonyl (C=O) groups is 2. The van der Waals surface area contributed by atoms with Crippen molar-refractivity contribution in [2.75, 3.05) is 13.1 Å². The first-order chi connectivity index (χ1) is 8.97. The lowest BCUT2D eigenvalue weighted by Gasteiger charge is -2.21. The number of aliphatic carboxylic acids is 1. The summed E-state index contributed by atoms with van der Waals surface area (Å²) >= 11 is 3.13. The second kappa shape index (κ2) is 5.69. The van der Waals surface area contributed by atoms with Gasteiger partial charge in [-0.1, -0.05) is 0 Å². The number of halogens is 2. The van der Waals surface area contributed by atoms with Gasteiger partial charge in [0, 0.05) is 11.0 Å². The van der Waals surface area contributed by atoms with E-state index in [1.54, 1.807) is 0 Å². The minimum absolute atomic E-state index is 0.281. The van der Waals surface area contributed by atoms with Crippen molar-refractivity contribution in [2.45, 2.75) is 12.8 Å². The van der Waals surface area contributed by atoms with E-state index < -0.39 is 11.8 Å². The standard InChI is InChI=1S/C13H13BrFNO3/c14-11-5-9(15)3-4-10(11)13(19)16(7-12(17)18)6-8-1-2-8/h3-5,8H,1-2,6-7H2,(H,17,18). The molecule has 1 fully saturated rings. The monoisotopic (exact) mass is 329 g/mol. The minimum atomic E-state index is -1.05. The molecule has 1 aliphatic rings. The van der Waals surface area contributed by atoms with Gasteiger partial charge in [0.15, 0.2) is 0 Å². The lowest BCUT2D eigenvalue weighted by molar-refractivity contribution is -0.137. The number of carbonyl (C=O) groups excluding carboxylic acids is 1. The molecule has 0 saturated heterocycles. The third-order valence-corrected chi connectivity index (χ3v) is 3.61. The van der Waals surface area contributed by atoms with Crippen molar-refractivity contribution < 1.29 is 19.1 Å². The van der Waals surface area contributed by atoms with Crippen LogP contribution in [0.5, 0.6) is 0 Å². The second-order valence-corrected chi connectivity index (χ2v) is 5.50. The number of nitrogens with zero attached hydrogens (tertiary/aromatic N) is 1. The number of amides is 1. The molecular weight excluding hydrogens is 317 g/mol. The van der Waals surface area contributed by atoms with Crippen molar-refractivity contribution in [1.82, 2.24) is 4.90 Å². The van der Waals surface area contributed by atoms with Gasteiger partial charge in [-0.2, -0.15) is 0 Å². The zero-order chi connectivity index (χ0) is 14.0. The molecule has 19 heavy (non-hydrogen) atoms. The quantitative estimate of drug-likeness (QED) is 0.903. The lowest BCUT2D eigenvalue weighted by Crippen LogP contribution is -2.37. The highest BCUT2D eigenvalue weighted by Gasteiger charge is 2.29. The number of benzene rings is 1. The largest absolute Gasteiger partial charge is 0.480 e. The van der Waals surface area contributed by atoms with Crippen molar-refractivity contribution in [3.63, 3.8) is 0 Å². The predicted molar refractivity (Wildman–Crippen MR) is 70.4 cm³/mol. The molecule has 4 nitrogen and oxygen atoms in total. The SMILES string of the molecule is O=C(O)CN(CC1CC1)C(=O)c1ccc(F)cc1Br. The Labute approximate surface area is 118 Å². The lowest BCUT2D eigenvalue weighted by atomic mass is 10.2. The van der Waals surface area contributed by atoms with Crippen LogP contribution >= 0.6 is 15.9 Å². The van der Waals surface area contributed by atoms with E-state index in [1.807, 2.05) is 0 Å². The molecule has 0 heterocycles. The molecule has 0 aliphatic heterocycles. The third kappa shape index (κ3) is 3.76. The van der Waals surface area contributed by atoms with Crippen LogP contribution < -0.4 is 0 Å². The summed E-state index contributed by atoms with van der Waals surface area (Å²) in [6.45, 7) is 0.105. The summed E-state index contributed by atoms with van der Waals surface area (Å²) in [4.78, 5) is 24.4. The van der Waals surface area contributed by atoms with Gasteiger partial charge in [0.2, 0.25) is 0 Å². The summed E-state index contributed by atoms with van der Waals surface area (Å²) in [5.74, 6) is -1.49. The van der Waals surface area contributed by atoms with Crippen molar-refractivity contribution in [3.05, 3.63) is 34.1 Å². The summed E-state index contributed by atoms with van der Waals surface area (Å²) < 4.78 is 13.3. The van der Waals surface area contributed by atoms with Crippen LogP contribution in [0.1, 0.15) is 23.2 Å². The van der Waals surface area contributed by atoms with Crippen LogP contribution in [0, 0.1) is 11.7 Å². The zero-order valence-corrected chi connectivity index (χ0v) is 11.7. The highest BCUT2D eigenvalue weighted by Crippen LogP contribution is 2.30. The summed E-state index contributed by atoms with van der Waals surface area (Å²) in [5.41, 5.74) is 0.281. The maximum atomic E-state index is 13.0. The van der Waals surface area contributed by atoms with E-state index in [-0.39, 0.29) is 18.0 Å². The Bertz CT molecular complexity index is 517. The summed E-state index contributed by atoms with van der Waals surface area (Å²) in [7, 11) is 0. The molecule has 0 atom stereocenters. The zero-order valence-electron chi connectivity index (χ0n) is 10.1. The molecule has 0 radical (unpaired) electrons. The molecule has 1 N–H and O–H groups in total. The molecule has 2 rings (SSSR count). The van der Waals surface area contributed by atoms with Crippen LogP contribution in [0.4, 0.5) is 4.39 Å². The molecule has 1 amide bonds. The number of rotatable bonds is 5. The van der Waals surface area contributed by atoms with Gasteiger partial charge in [-0.25, -0.2) is 4.39 Å². The first-order valence-electron chi connectivity index (χ1n) is 5.93. The second-order valence-electron chi connectivity index (χ2n) is 4.65. The highest BCUT2D eigenvalue weighted by molar-refractivity contribution is 9.10. The average molecular weight is 330 g/mol. The predicted octanol–water partition coefficient (Wildman–Crippen LogP) is 2.53. The molecule has 6 heteroatoms. The van der Waals surface area contributed by atoms with E-state index in [9.17, 15) is 14.0 Å². The summed E-state index contributed by atoms with van der Waals surface area (Å²) in [6.07, 6.45) is 2.04. The highest BCUT2D eigenvalue weighted by atomic mass is 79.9. The molecule has 1 aliphatic carbocycles. The van der Waals surface area contributed by atoms with Gasteiger partial charge in [-0.05, 0) is 52.9 Å². The van der Waals surface area contributed by atoms with E-state index in [2.05, 4.69) is 15.9 Å². The Morgan fingerprint density at radius 2 is 2.11 bits per heavy atom. The van der Waals surface area contributed by atoms with Crippen LogP contribution in [0.3, 0.4) is 0 Å². The number of carboxylic acid groups (broad SMARTS) is 1. The van der Waals surface area contributed by atoms with Crippen LogP contribution in [-0.4, -0.2) is 35.0 Å². The van der Waals surface area contributed by atoms with Crippen LogP contribution in [0.2, 0.25) is 0 Å². The smallest absolute Gasteiger partial charge is 0.323 e. The van der Waals surface area contributed by atoms with Crippen LogP contribution in [0.15, 0.2) is 22.7 Å². The Morgan fingerprint density at radius 1 is 1.42 bits per heavy atom. The van der Waals surface area contributed by atoms with Gasteiger partial charge in [-0.15, -0.1) is 0 Å². The minimum Gasteiger partial charge on any atom is -0.480 e. The third-order valence-electron chi connectivity index (χ3n) is 2.95. The molecule has 102 valence electrons. The van der Waals surface area contributed by atoms with Gasteiger partial charge in [-0.3, -0.25) is 9.59 Å². The Kier molecular flexibility index (Phi) is 4.19. The Balaban J connectivity index is 2.19. The Morgan fingerprint density at radius 3 is 2.63 bits per heavy atom. The number of carboxylic acids is 1. The van der Waals surface area contributed by atoms with Crippen molar-refractivity contribution in [3.8, 4) is 0 Å². The van der Waals surface area contributed by atoms with Crippen molar-refractivity contribution >= 4 is 27.8 Å². The molecule has 1 aromatic rings. The number of hydrogen-bond donors (Lipinski definition) is 1. The molecule has 0 spiro atoms. The van der Waals surface area contributed by atoms with Crippen LogP contribution in [0.25, 0.3) is 0 Å². The molecule has 1 aromatic carbocycles. The van der Waals surface area contributed by atoms with E-state index in [0.717, 1.165) is 12.8 Å². The Hall–Kier alpha value is -1.43. The van der Waals surface area contributed by atoms with Crippen LogP contribution in [-0.2, 0) is 4.79 Å². The van der Waals surface area contributed by atoms with E-state index in [4.69, 9.17) is 5.11 Å². The van der Waals surface area contributed by atoms with Gasteiger partial charge < -0.3 is 10.0 Å². The number of hydrogen-bond acceptors (Lipinski definition) is 2. The first-order valence-corrected chi connectivity index (χ1v) is 6.73. The summed E-state index contributed by atoms with van der Waals surface area (Å²) in [5, 5.41) is 8.86. The first kappa shape index (κ1) is 14.0. The van der Waals surface area contributed by atoms with Crippen molar-refractivity contribution in [2.24, 2.45) is 5.92 Å². The molecule has 0 bridgehead atoms. The summed E-state index contributed by atoms with van der Waals surface area (Å²) in [6, 6.07) is 3.75.